The first-order valence-corrected chi connectivity index (χ1v) is 9.86. The SMILES string of the molecule is C[C@@](Cc1ccc(O)c(O)c1)(NNC(=O)O)C(=O)OC(c1ccccc1)c1ccccc1. The van der Waals surface area contributed by atoms with Gasteiger partial charge >= 0.3 is 12.1 Å². The topological polar surface area (TPSA) is 128 Å². The third-order valence-electron chi connectivity index (χ3n) is 4.92. The molecule has 0 aliphatic carbocycles. The second-order valence-electron chi connectivity index (χ2n) is 7.49. The van der Waals surface area contributed by atoms with E-state index >= 15 is 0 Å². The highest BCUT2D eigenvalue weighted by molar-refractivity contribution is 5.82. The Morgan fingerprint density at radius 3 is 1.97 bits per heavy atom. The second kappa shape index (κ2) is 9.84. The number of benzene rings is 3. The molecule has 0 fully saturated rings. The van der Waals surface area contributed by atoms with Crippen molar-refractivity contribution in [1.82, 2.24) is 10.9 Å². The van der Waals surface area contributed by atoms with Crippen LogP contribution in [0.4, 0.5) is 4.79 Å². The van der Waals surface area contributed by atoms with Crippen LogP contribution in [0.2, 0.25) is 0 Å². The van der Waals surface area contributed by atoms with Gasteiger partial charge in [-0.1, -0.05) is 66.7 Å². The molecule has 3 rings (SSSR count). The Hall–Kier alpha value is -4.04. The molecule has 3 aromatic rings. The third-order valence-corrected chi connectivity index (χ3v) is 4.92. The van der Waals surface area contributed by atoms with E-state index in [1.807, 2.05) is 66.1 Å². The van der Waals surface area contributed by atoms with Crippen LogP contribution in [0.15, 0.2) is 78.9 Å². The van der Waals surface area contributed by atoms with Crippen LogP contribution >= 0.6 is 0 Å². The van der Waals surface area contributed by atoms with Crippen molar-refractivity contribution in [1.29, 1.82) is 0 Å². The molecule has 0 aromatic heterocycles. The molecule has 5 N–H and O–H groups in total. The number of carboxylic acid groups (broad SMARTS) is 1. The van der Waals surface area contributed by atoms with Crippen molar-refractivity contribution in [2.24, 2.45) is 0 Å². The predicted molar refractivity (Wildman–Crippen MR) is 117 cm³/mol. The average molecular weight is 436 g/mol. The number of carbonyl (C=O) groups excluding carboxylic acids is 1. The second-order valence-corrected chi connectivity index (χ2v) is 7.49. The highest BCUT2D eigenvalue weighted by Gasteiger charge is 2.38. The molecule has 3 aromatic carbocycles. The fraction of sp³-hybridized carbons (Fsp3) is 0.167. The molecule has 166 valence electrons. The van der Waals surface area contributed by atoms with Crippen LogP contribution in [0.25, 0.3) is 0 Å². The van der Waals surface area contributed by atoms with Gasteiger partial charge in [-0.2, -0.15) is 0 Å². The van der Waals surface area contributed by atoms with Gasteiger partial charge in [-0.3, -0.25) is 5.43 Å². The number of amides is 1. The molecule has 8 heteroatoms. The van der Waals surface area contributed by atoms with E-state index in [0.29, 0.717) is 5.56 Å². The summed E-state index contributed by atoms with van der Waals surface area (Å²) in [5.74, 6) is -1.37. The van der Waals surface area contributed by atoms with Gasteiger partial charge in [0.2, 0.25) is 0 Å². The molecular formula is C24H24N2O6. The van der Waals surface area contributed by atoms with Crippen LogP contribution in [0.3, 0.4) is 0 Å². The van der Waals surface area contributed by atoms with Gasteiger partial charge in [0.1, 0.15) is 5.54 Å². The zero-order valence-corrected chi connectivity index (χ0v) is 17.4. The maximum atomic E-state index is 13.4. The van der Waals surface area contributed by atoms with Crippen molar-refractivity contribution in [3.63, 3.8) is 0 Å². The van der Waals surface area contributed by atoms with Crippen LogP contribution in [-0.4, -0.2) is 32.9 Å². The normalized spacial score (nSPS) is 12.7. The minimum atomic E-state index is -1.52. The average Bonchev–Trinajstić information content (AvgIpc) is 2.79. The predicted octanol–water partition coefficient (Wildman–Crippen LogP) is 3.50. The molecule has 0 spiro atoms. The molecule has 0 bridgehead atoms. The lowest BCUT2D eigenvalue weighted by molar-refractivity contribution is -0.155. The first-order valence-electron chi connectivity index (χ1n) is 9.86. The monoisotopic (exact) mass is 436 g/mol. The van der Waals surface area contributed by atoms with Gasteiger partial charge < -0.3 is 20.1 Å². The maximum Gasteiger partial charge on any atom is 0.419 e. The third kappa shape index (κ3) is 5.55. The van der Waals surface area contributed by atoms with E-state index in [-0.39, 0.29) is 17.9 Å². The minimum absolute atomic E-state index is 0.0315. The van der Waals surface area contributed by atoms with E-state index in [4.69, 9.17) is 9.84 Å². The van der Waals surface area contributed by atoms with Crippen molar-refractivity contribution in [3.8, 4) is 11.5 Å². The van der Waals surface area contributed by atoms with Gasteiger partial charge in [0.05, 0.1) is 0 Å². The number of aromatic hydroxyl groups is 2. The molecule has 0 radical (unpaired) electrons. The molecule has 1 amide bonds. The lowest BCUT2D eigenvalue weighted by Gasteiger charge is -2.31. The van der Waals surface area contributed by atoms with Gasteiger partial charge in [0, 0.05) is 6.42 Å². The lowest BCUT2D eigenvalue weighted by Crippen LogP contribution is -2.59. The zero-order valence-electron chi connectivity index (χ0n) is 17.4. The van der Waals surface area contributed by atoms with Crippen LogP contribution in [0.1, 0.15) is 29.7 Å². The Labute approximate surface area is 185 Å². The first-order chi connectivity index (χ1) is 15.3. The van der Waals surface area contributed by atoms with Crippen LogP contribution in [-0.2, 0) is 16.0 Å². The Balaban J connectivity index is 1.92. The van der Waals surface area contributed by atoms with E-state index in [9.17, 15) is 19.8 Å². The smallest absolute Gasteiger partial charge is 0.419 e. The van der Waals surface area contributed by atoms with Gasteiger partial charge in [0.15, 0.2) is 17.6 Å². The van der Waals surface area contributed by atoms with Gasteiger partial charge in [0.25, 0.3) is 0 Å². The summed E-state index contributed by atoms with van der Waals surface area (Å²) < 4.78 is 5.90. The molecular weight excluding hydrogens is 412 g/mol. The van der Waals surface area contributed by atoms with Crippen LogP contribution < -0.4 is 10.9 Å². The Bertz CT molecular complexity index is 1030. The summed E-state index contributed by atoms with van der Waals surface area (Å²) in [4.78, 5) is 24.4. The largest absolute Gasteiger partial charge is 0.504 e. The zero-order chi connectivity index (χ0) is 23.1. The Morgan fingerprint density at radius 1 is 0.906 bits per heavy atom. The van der Waals surface area contributed by atoms with Crippen molar-refractivity contribution in [3.05, 3.63) is 95.6 Å². The van der Waals surface area contributed by atoms with Crippen molar-refractivity contribution in [2.75, 3.05) is 0 Å². The minimum Gasteiger partial charge on any atom is -0.504 e. The lowest BCUT2D eigenvalue weighted by atomic mass is 9.92. The summed E-state index contributed by atoms with van der Waals surface area (Å²) in [6, 6.07) is 22.5. The number of hydrogen-bond donors (Lipinski definition) is 5. The summed E-state index contributed by atoms with van der Waals surface area (Å²) in [6.45, 7) is 1.49. The summed E-state index contributed by atoms with van der Waals surface area (Å²) in [6.07, 6.45) is -2.12. The number of nitrogens with one attached hydrogen (secondary N) is 2. The molecule has 0 aliphatic rings. The van der Waals surface area contributed by atoms with Crippen LogP contribution in [0.5, 0.6) is 11.5 Å². The number of esters is 1. The molecule has 32 heavy (non-hydrogen) atoms. The molecule has 0 saturated carbocycles. The summed E-state index contributed by atoms with van der Waals surface area (Å²) in [7, 11) is 0. The highest BCUT2D eigenvalue weighted by atomic mass is 16.5. The van der Waals surface area contributed by atoms with Gasteiger partial charge in [-0.05, 0) is 35.7 Å². The molecule has 0 heterocycles. The number of carbonyl (C=O) groups is 2. The Kier molecular flexibility index (Phi) is 6.97. The molecule has 0 aliphatic heterocycles. The fourth-order valence-electron chi connectivity index (χ4n) is 3.27. The molecule has 0 saturated heterocycles. The number of hydrazine groups is 1. The number of phenolic OH excluding ortho intramolecular Hbond substituents is 2. The maximum absolute atomic E-state index is 13.4. The van der Waals surface area contributed by atoms with Crippen molar-refractivity contribution in [2.45, 2.75) is 25.0 Å². The first kappa shape index (κ1) is 22.6. The summed E-state index contributed by atoms with van der Waals surface area (Å²) in [5, 5.41) is 28.4. The fourth-order valence-corrected chi connectivity index (χ4v) is 3.27. The highest BCUT2D eigenvalue weighted by Crippen LogP contribution is 2.30. The van der Waals surface area contributed by atoms with Crippen molar-refractivity contribution < 1.29 is 29.6 Å². The quantitative estimate of drug-likeness (QED) is 0.208. The Morgan fingerprint density at radius 2 is 1.47 bits per heavy atom. The standard InChI is InChI=1S/C24H24N2O6/c1-24(26-25-23(30)31,15-16-12-13-19(27)20(28)14-16)22(29)32-21(17-8-4-2-5-9-17)18-10-6-3-7-11-18/h2-14,21,25-28H,15H2,1H3,(H,30,31)/t24-/m0/s1. The number of phenols is 2. The van der Waals surface area contributed by atoms with Crippen molar-refractivity contribution >= 4 is 12.1 Å². The molecule has 0 unspecified atom stereocenters. The van der Waals surface area contributed by atoms with E-state index < -0.39 is 23.7 Å². The number of rotatable bonds is 8. The van der Waals surface area contributed by atoms with E-state index in [1.54, 1.807) is 0 Å². The van der Waals surface area contributed by atoms with E-state index in [2.05, 4.69) is 5.43 Å². The summed E-state index contributed by atoms with van der Waals surface area (Å²) in [5.41, 5.74) is 5.00. The number of ether oxygens (including phenoxy) is 1. The van der Waals surface area contributed by atoms with Gasteiger partial charge in [-0.15, -0.1) is 0 Å². The van der Waals surface area contributed by atoms with E-state index in [0.717, 1.165) is 11.1 Å². The van der Waals surface area contributed by atoms with Crippen LogP contribution in [0, 0.1) is 0 Å². The number of hydrogen-bond acceptors (Lipinski definition) is 6. The van der Waals surface area contributed by atoms with E-state index in [1.165, 1.54) is 25.1 Å². The molecule has 8 nitrogen and oxygen atoms in total. The molecule has 1 atom stereocenters. The summed E-state index contributed by atoms with van der Waals surface area (Å²) >= 11 is 0. The van der Waals surface area contributed by atoms with Gasteiger partial charge in [-0.25, -0.2) is 15.0 Å².